The van der Waals surface area contributed by atoms with Crippen molar-refractivity contribution in [1.29, 1.82) is 0 Å². The Hall–Kier alpha value is -0.200. The van der Waals surface area contributed by atoms with Crippen molar-refractivity contribution in [3.63, 3.8) is 0 Å². The van der Waals surface area contributed by atoms with Crippen LogP contribution in [0.5, 0.6) is 0 Å². The van der Waals surface area contributed by atoms with Gasteiger partial charge < -0.3 is 25.2 Å². The minimum atomic E-state index is -0.974. The normalized spacial score (nSPS) is 16.2. The van der Waals surface area contributed by atoms with Crippen LogP contribution in [0.15, 0.2) is 0 Å². The number of hydrogen-bond acceptors (Lipinski definition) is 5. The Kier molecular flexibility index (Phi) is 31.6. The van der Waals surface area contributed by atoms with Crippen molar-refractivity contribution in [2.24, 2.45) is 11.8 Å². The fraction of sp³-hybridized carbons (Fsp3) is 1.00. The summed E-state index contributed by atoms with van der Waals surface area (Å²) in [7, 11) is 0. The van der Waals surface area contributed by atoms with Crippen LogP contribution >= 0.6 is 0 Å². The van der Waals surface area contributed by atoms with E-state index in [-0.39, 0.29) is 13.2 Å². The van der Waals surface area contributed by atoms with Crippen LogP contribution in [-0.2, 0) is 4.74 Å². The summed E-state index contributed by atoms with van der Waals surface area (Å²) in [5.74, 6) is 0.878. The van der Waals surface area contributed by atoms with E-state index in [2.05, 4.69) is 27.7 Å². The molecule has 0 aliphatic carbocycles. The topological polar surface area (TPSA) is 90.2 Å². The second-order valence-electron chi connectivity index (χ2n) is 13.7. The molecule has 0 amide bonds. The molecule has 5 nitrogen and oxygen atoms in total. The summed E-state index contributed by atoms with van der Waals surface area (Å²) in [5.41, 5.74) is 0. The largest absolute Gasteiger partial charge is 0.394 e. The van der Waals surface area contributed by atoms with Crippen molar-refractivity contribution in [2.75, 3.05) is 13.2 Å². The van der Waals surface area contributed by atoms with Gasteiger partial charge in [0.15, 0.2) is 0 Å². The Balaban J connectivity index is 5.47. The first-order valence-electron chi connectivity index (χ1n) is 19.2. The van der Waals surface area contributed by atoms with Crippen LogP contribution < -0.4 is 0 Å². The van der Waals surface area contributed by atoms with Gasteiger partial charge in [-0.2, -0.15) is 0 Å². The molecular weight excluding hydrogens is 536 g/mol. The Labute approximate surface area is 269 Å². The van der Waals surface area contributed by atoms with Crippen LogP contribution in [0.1, 0.15) is 195 Å². The number of ether oxygens (including phenoxy) is 1. The fourth-order valence-electron chi connectivity index (χ4n) is 6.63. The lowest BCUT2D eigenvalue weighted by Crippen LogP contribution is -2.43. The van der Waals surface area contributed by atoms with Gasteiger partial charge in [-0.05, 0) is 24.7 Å². The lowest BCUT2D eigenvalue weighted by molar-refractivity contribution is -0.145. The smallest absolute Gasteiger partial charge is 0.103 e. The van der Waals surface area contributed by atoms with Crippen molar-refractivity contribution < 1.29 is 25.2 Å². The predicted molar refractivity (Wildman–Crippen MR) is 185 cm³/mol. The highest BCUT2D eigenvalue weighted by atomic mass is 16.5. The second-order valence-corrected chi connectivity index (χ2v) is 13.7. The van der Waals surface area contributed by atoms with Gasteiger partial charge in [0.1, 0.15) is 12.2 Å². The van der Waals surface area contributed by atoms with Gasteiger partial charge in [-0.1, -0.05) is 182 Å². The molecule has 0 aromatic heterocycles. The van der Waals surface area contributed by atoms with Crippen molar-refractivity contribution in [2.45, 2.75) is 219 Å². The lowest BCUT2D eigenvalue weighted by Gasteiger charge is -2.34. The van der Waals surface area contributed by atoms with Gasteiger partial charge >= 0.3 is 0 Å². The summed E-state index contributed by atoms with van der Waals surface area (Å²) >= 11 is 0. The summed E-state index contributed by atoms with van der Waals surface area (Å²) in [5, 5.41) is 41.8. The number of rotatable bonds is 34. The van der Waals surface area contributed by atoms with Gasteiger partial charge in [-0.15, -0.1) is 0 Å². The van der Waals surface area contributed by atoms with Gasteiger partial charge in [0.05, 0.1) is 25.4 Å². The lowest BCUT2D eigenvalue weighted by atomic mass is 9.87. The Morgan fingerprint density at radius 2 is 0.651 bits per heavy atom. The van der Waals surface area contributed by atoms with E-state index in [1.54, 1.807) is 0 Å². The average molecular weight is 615 g/mol. The molecule has 0 aromatic carbocycles. The van der Waals surface area contributed by atoms with Crippen LogP contribution in [0, 0.1) is 11.8 Å². The third-order valence-electron chi connectivity index (χ3n) is 9.58. The van der Waals surface area contributed by atoms with E-state index in [1.165, 1.54) is 128 Å². The highest BCUT2D eigenvalue weighted by Gasteiger charge is 2.31. The molecule has 0 aliphatic heterocycles. The van der Waals surface area contributed by atoms with Crippen LogP contribution in [0.2, 0.25) is 0 Å². The molecular formula is C38H78O5. The Morgan fingerprint density at radius 3 is 0.930 bits per heavy atom. The Morgan fingerprint density at radius 1 is 0.395 bits per heavy atom. The third kappa shape index (κ3) is 24.7. The van der Waals surface area contributed by atoms with Crippen molar-refractivity contribution in [3.8, 4) is 0 Å². The van der Waals surface area contributed by atoms with Crippen LogP contribution in [-0.4, -0.2) is 58.1 Å². The summed E-state index contributed by atoms with van der Waals surface area (Å²) in [6.45, 7) is 8.30. The zero-order valence-electron chi connectivity index (χ0n) is 29.5. The van der Waals surface area contributed by atoms with Gasteiger partial charge in [-0.25, -0.2) is 0 Å². The SMILES string of the molecule is CCCCCCCCC(CCCCCC)CC(OC(CC(CCCCCC)CCCCCCCC)C(O)CO)C(O)CO. The number of aliphatic hydroxyl groups excluding tert-OH is 4. The van der Waals surface area contributed by atoms with E-state index in [1.807, 2.05) is 0 Å². The zero-order valence-corrected chi connectivity index (χ0v) is 29.5. The standard InChI is InChI=1S/C38H78O5/c1-5-9-13-17-19-23-27-33(25-21-15-11-7-3)29-37(35(41)31-39)43-38(36(42)32-40)30-34(26-22-16-12-8-4)28-24-20-18-14-10-6-2/h33-42H,5-32H2,1-4H3. The zero-order chi connectivity index (χ0) is 32.0. The number of hydrogen-bond donors (Lipinski definition) is 4. The molecule has 6 atom stereocenters. The first kappa shape index (κ1) is 42.8. The minimum Gasteiger partial charge on any atom is -0.394 e. The maximum Gasteiger partial charge on any atom is 0.103 e. The van der Waals surface area contributed by atoms with Gasteiger partial charge in [-0.3, -0.25) is 0 Å². The second kappa shape index (κ2) is 31.8. The first-order valence-corrected chi connectivity index (χ1v) is 19.2. The van der Waals surface area contributed by atoms with Crippen molar-refractivity contribution >= 4 is 0 Å². The van der Waals surface area contributed by atoms with Crippen LogP contribution in [0.4, 0.5) is 0 Å². The molecule has 0 rings (SSSR count). The summed E-state index contributed by atoms with van der Waals surface area (Å²) < 4.78 is 6.57. The van der Waals surface area contributed by atoms with Crippen LogP contribution in [0.25, 0.3) is 0 Å². The van der Waals surface area contributed by atoms with E-state index in [4.69, 9.17) is 4.74 Å². The Bertz CT molecular complexity index is 498. The van der Waals surface area contributed by atoms with E-state index < -0.39 is 24.4 Å². The monoisotopic (exact) mass is 615 g/mol. The quantitative estimate of drug-likeness (QED) is 0.0542. The molecule has 0 saturated heterocycles. The molecule has 0 heterocycles. The molecule has 0 radical (unpaired) electrons. The molecule has 43 heavy (non-hydrogen) atoms. The molecule has 0 fully saturated rings. The summed E-state index contributed by atoms with van der Waals surface area (Å²) in [6.07, 6.45) is 28.0. The molecule has 0 saturated carbocycles. The molecule has 0 bridgehead atoms. The summed E-state index contributed by atoms with van der Waals surface area (Å²) in [4.78, 5) is 0. The van der Waals surface area contributed by atoms with Crippen molar-refractivity contribution in [1.82, 2.24) is 0 Å². The van der Waals surface area contributed by atoms with Gasteiger partial charge in [0.2, 0.25) is 0 Å². The van der Waals surface area contributed by atoms with Gasteiger partial charge in [0, 0.05) is 0 Å². The molecule has 6 unspecified atom stereocenters. The maximum absolute atomic E-state index is 10.9. The first-order chi connectivity index (χ1) is 21.0. The number of aliphatic hydroxyl groups is 4. The molecule has 0 spiro atoms. The minimum absolute atomic E-state index is 0.343. The van der Waals surface area contributed by atoms with Gasteiger partial charge in [0.25, 0.3) is 0 Å². The fourth-order valence-corrected chi connectivity index (χ4v) is 6.63. The highest BCUT2D eigenvalue weighted by molar-refractivity contribution is 4.80. The van der Waals surface area contributed by atoms with E-state index in [0.29, 0.717) is 24.7 Å². The maximum atomic E-state index is 10.9. The third-order valence-corrected chi connectivity index (χ3v) is 9.58. The molecule has 0 aromatic rings. The molecule has 5 heteroatoms. The number of unbranched alkanes of at least 4 members (excludes halogenated alkanes) is 16. The molecule has 260 valence electrons. The average Bonchev–Trinajstić information content (AvgIpc) is 3.02. The van der Waals surface area contributed by atoms with E-state index in [0.717, 1.165) is 25.7 Å². The summed E-state index contributed by atoms with van der Waals surface area (Å²) in [6, 6.07) is 0. The predicted octanol–water partition coefficient (Wildman–Crippen LogP) is 9.90. The van der Waals surface area contributed by atoms with Crippen LogP contribution in [0.3, 0.4) is 0 Å². The van der Waals surface area contributed by atoms with E-state index >= 15 is 0 Å². The molecule has 4 N–H and O–H groups in total. The molecule has 0 aliphatic rings. The highest BCUT2D eigenvalue weighted by Crippen LogP contribution is 2.30. The van der Waals surface area contributed by atoms with Crippen molar-refractivity contribution in [3.05, 3.63) is 0 Å². The van der Waals surface area contributed by atoms with E-state index in [9.17, 15) is 20.4 Å².